The van der Waals surface area contributed by atoms with Gasteiger partial charge in [0.2, 0.25) is 11.8 Å². The predicted octanol–water partition coefficient (Wildman–Crippen LogP) is -0.789. The van der Waals surface area contributed by atoms with Crippen LogP contribution in [0, 0.1) is 0 Å². The van der Waals surface area contributed by atoms with E-state index in [-0.39, 0.29) is 11.8 Å². The van der Waals surface area contributed by atoms with Crippen LogP contribution >= 0.6 is 0 Å². The van der Waals surface area contributed by atoms with Gasteiger partial charge < -0.3 is 5.21 Å². The first-order valence-corrected chi connectivity index (χ1v) is 3.45. The molecule has 12 heavy (non-hydrogen) atoms. The molecule has 0 aliphatic heterocycles. The molecule has 0 aromatic heterocycles. The van der Waals surface area contributed by atoms with Crippen LogP contribution in [0.3, 0.4) is 0 Å². The maximum atomic E-state index is 10.8. The molecule has 6 heteroatoms. The molecule has 0 aliphatic carbocycles. The second kappa shape index (κ2) is 4.68. The third-order valence-electron chi connectivity index (χ3n) is 1.19. The number of nitrogens with zero attached hydrogens (tertiary/aromatic N) is 1. The zero-order valence-corrected chi connectivity index (χ0v) is 7.29. The van der Waals surface area contributed by atoms with E-state index in [1.165, 1.54) is 20.8 Å². The van der Waals surface area contributed by atoms with Crippen LogP contribution < -0.4 is 10.9 Å². The molecule has 0 heterocycles. The molecule has 0 fully saturated rings. The van der Waals surface area contributed by atoms with Gasteiger partial charge in [-0.25, -0.2) is 5.01 Å². The van der Waals surface area contributed by atoms with Crippen molar-refractivity contribution in [2.45, 2.75) is 26.9 Å². The minimum atomic E-state index is -0.647. The molecular formula is C6H13N3O3. The van der Waals surface area contributed by atoms with Crippen molar-refractivity contribution in [2.24, 2.45) is 0 Å². The summed E-state index contributed by atoms with van der Waals surface area (Å²) in [5.74, 6) is -0.730. The van der Waals surface area contributed by atoms with E-state index >= 15 is 0 Å². The van der Waals surface area contributed by atoms with Crippen molar-refractivity contribution in [3.8, 4) is 0 Å². The number of rotatable bonds is 2. The maximum Gasteiger partial charge on any atom is 0.239 e. The van der Waals surface area contributed by atoms with E-state index in [1.54, 1.807) is 0 Å². The van der Waals surface area contributed by atoms with Gasteiger partial charge in [-0.05, 0) is 6.92 Å². The van der Waals surface area contributed by atoms with Gasteiger partial charge in [0.05, 0.1) is 0 Å². The topological polar surface area (TPSA) is 81.7 Å². The summed E-state index contributed by atoms with van der Waals surface area (Å²) in [5, 5.41) is 9.46. The molecule has 3 N–H and O–H groups in total. The highest BCUT2D eigenvalue weighted by Crippen LogP contribution is 1.90. The fraction of sp³-hybridized carbons (Fsp3) is 0.667. The second-order valence-electron chi connectivity index (χ2n) is 2.36. The van der Waals surface area contributed by atoms with Gasteiger partial charge in [-0.2, -0.15) is 5.48 Å². The van der Waals surface area contributed by atoms with Crippen LogP contribution in [0.25, 0.3) is 0 Å². The van der Waals surface area contributed by atoms with Crippen LogP contribution in [0.5, 0.6) is 0 Å². The van der Waals surface area contributed by atoms with Gasteiger partial charge in [0.15, 0.2) is 0 Å². The molecule has 0 aromatic carbocycles. The summed E-state index contributed by atoms with van der Waals surface area (Å²) in [6.07, 6.45) is -0.647. The highest BCUT2D eigenvalue weighted by atomic mass is 16.5. The molecule has 2 amide bonds. The third-order valence-corrected chi connectivity index (χ3v) is 1.19. The minimum absolute atomic E-state index is 0.362. The van der Waals surface area contributed by atoms with E-state index in [1.807, 2.05) is 5.48 Å². The summed E-state index contributed by atoms with van der Waals surface area (Å²) in [4.78, 5) is 21.4. The maximum absolute atomic E-state index is 10.8. The molecule has 0 radical (unpaired) electrons. The van der Waals surface area contributed by atoms with Crippen LogP contribution in [0.4, 0.5) is 0 Å². The molecule has 0 saturated carbocycles. The first kappa shape index (κ1) is 10.9. The van der Waals surface area contributed by atoms with Crippen LogP contribution in [-0.2, 0) is 9.59 Å². The number of carbonyl (C=O) groups is 2. The SMILES string of the molecule is CC(=O)NN(C(C)=O)C(C)NO. The van der Waals surface area contributed by atoms with Crippen LogP contribution in [0.15, 0.2) is 0 Å². The Morgan fingerprint density at radius 1 is 1.42 bits per heavy atom. The number of nitrogens with one attached hydrogen (secondary N) is 2. The summed E-state index contributed by atoms with van der Waals surface area (Å²) in [6, 6.07) is 0. The Hall–Kier alpha value is -1.14. The largest absolute Gasteiger partial charge is 0.315 e. The summed E-state index contributed by atoms with van der Waals surface area (Å²) >= 11 is 0. The highest BCUT2D eigenvalue weighted by molar-refractivity contribution is 5.79. The monoisotopic (exact) mass is 175 g/mol. The summed E-state index contributed by atoms with van der Waals surface area (Å²) < 4.78 is 0. The number of hydrogen-bond acceptors (Lipinski definition) is 4. The van der Waals surface area contributed by atoms with Crippen molar-refractivity contribution in [3.05, 3.63) is 0 Å². The highest BCUT2D eigenvalue weighted by Gasteiger charge is 2.16. The van der Waals surface area contributed by atoms with E-state index in [9.17, 15) is 9.59 Å². The van der Waals surface area contributed by atoms with Crippen molar-refractivity contribution in [1.82, 2.24) is 15.9 Å². The van der Waals surface area contributed by atoms with Crippen LogP contribution in [-0.4, -0.2) is 28.2 Å². The third kappa shape index (κ3) is 3.31. The molecule has 1 atom stereocenters. The average Bonchev–Trinajstić information content (AvgIpc) is 1.98. The molecule has 0 spiro atoms. The fourth-order valence-electron chi connectivity index (χ4n) is 0.676. The van der Waals surface area contributed by atoms with E-state index in [0.29, 0.717) is 0 Å². The van der Waals surface area contributed by atoms with Gasteiger partial charge >= 0.3 is 0 Å². The zero-order valence-electron chi connectivity index (χ0n) is 7.29. The number of carbonyl (C=O) groups excluding carboxylic acids is 2. The van der Waals surface area contributed by atoms with Gasteiger partial charge in [0.25, 0.3) is 0 Å². The van der Waals surface area contributed by atoms with Crippen molar-refractivity contribution >= 4 is 11.8 Å². The Balaban J connectivity index is 4.22. The van der Waals surface area contributed by atoms with E-state index in [4.69, 9.17) is 5.21 Å². The normalized spacial score (nSPS) is 12.0. The van der Waals surface area contributed by atoms with E-state index < -0.39 is 6.17 Å². The van der Waals surface area contributed by atoms with Crippen LogP contribution in [0.2, 0.25) is 0 Å². The molecule has 70 valence electrons. The molecule has 0 aromatic rings. The lowest BCUT2D eigenvalue weighted by atomic mass is 10.5. The Bertz CT molecular complexity index is 183. The Morgan fingerprint density at radius 3 is 2.17 bits per heavy atom. The lowest BCUT2D eigenvalue weighted by Gasteiger charge is -2.26. The van der Waals surface area contributed by atoms with Crippen molar-refractivity contribution in [1.29, 1.82) is 0 Å². The Morgan fingerprint density at radius 2 is 1.92 bits per heavy atom. The standard InChI is InChI=1S/C6H13N3O3/c1-4(8-12)9(6(3)11)7-5(2)10/h4,8,12H,1-3H3,(H,7,10). The number of hydroxylamine groups is 1. The van der Waals surface area contributed by atoms with Crippen LogP contribution in [0.1, 0.15) is 20.8 Å². The molecule has 0 aliphatic rings. The smallest absolute Gasteiger partial charge is 0.239 e. The summed E-state index contributed by atoms with van der Waals surface area (Å²) in [7, 11) is 0. The fourth-order valence-corrected chi connectivity index (χ4v) is 0.676. The van der Waals surface area contributed by atoms with E-state index in [2.05, 4.69) is 5.43 Å². The zero-order chi connectivity index (χ0) is 9.72. The lowest BCUT2D eigenvalue weighted by Crippen LogP contribution is -2.54. The molecule has 0 saturated heterocycles. The lowest BCUT2D eigenvalue weighted by molar-refractivity contribution is -0.145. The molecule has 1 unspecified atom stereocenters. The number of hydrazine groups is 1. The number of hydrogen-bond donors (Lipinski definition) is 3. The first-order valence-electron chi connectivity index (χ1n) is 3.45. The summed E-state index contributed by atoms with van der Waals surface area (Å²) in [5.41, 5.74) is 4.09. The van der Waals surface area contributed by atoms with Gasteiger partial charge in [-0.1, -0.05) is 0 Å². The average molecular weight is 175 g/mol. The van der Waals surface area contributed by atoms with E-state index in [0.717, 1.165) is 5.01 Å². The summed E-state index contributed by atoms with van der Waals surface area (Å²) in [6.45, 7) is 4.08. The molecule has 0 rings (SSSR count). The van der Waals surface area contributed by atoms with Gasteiger partial charge in [0.1, 0.15) is 6.17 Å². The predicted molar refractivity (Wildman–Crippen MR) is 40.7 cm³/mol. The van der Waals surface area contributed by atoms with Crippen molar-refractivity contribution < 1.29 is 14.8 Å². The molecule has 6 nitrogen and oxygen atoms in total. The molecule has 0 bridgehead atoms. The minimum Gasteiger partial charge on any atom is -0.315 e. The quantitative estimate of drug-likeness (QED) is 0.379. The Labute approximate surface area is 70.5 Å². The van der Waals surface area contributed by atoms with Crippen molar-refractivity contribution in [2.75, 3.05) is 0 Å². The molecular weight excluding hydrogens is 162 g/mol. The van der Waals surface area contributed by atoms with Crippen molar-refractivity contribution in [3.63, 3.8) is 0 Å². The van der Waals surface area contributed by atoms with Gasteiger partial charge in [-0.3, -0.25) is 15.0 Å². The second-order valence-corrected chi connectivity index (χ2v) is 2.36. The van der Waals surface area contributed by atoms with Gasteiger partial charge in [0, 0.05) is 13.8 Å². The van der Waals surface area contributed by atoms with Gasteiger partial charge in [-0.15, -0.1) is 0 Å². The first-order chi connectivity index (χ1) is 5.49. The Kier molecular flexibility index (Phi) is 4.24. The number of amides is 2.